The smallest absolute Gasteiger partial charge is 0.217 e. The van der Waals surface area contributed by atoms with Crippen molar-refractivity contribution in [2.24, 2.45) is 0 Å². The molecule has 1 N–H and O–H groups in total. The van der Waals surface area contributed by atoms with Crippen LogP contribution in [0.1, 0.15) is 37.8 Å². The van der Waals surface area contributed by atoms with Gasteiger partial charge in [-0.3, -0.25) is 9.69 Å². The van der Waals surface area contributed by atoms with Gasteiger partial charge in [0.1, 0.15) is 0 Å². The Morgan fingerprint density at radius 1 is 1.08 bits per heavy atom. The maximum atomic E-state index is 11.6. The zero-order valence-electron chi connectivity index (χ0n) is 14.5. The van der Waals surface area contributed by atoms with Crippen LogP contribution in [0.5, 0.6) is 0 Å². The zero-order valence-corrected chi connectivity index (χ0v) is 14.5. The molecule has 1 heterocycles. The van der Waals surface area contributed by atoms with Gasteiger partial charge in [-0.1, -0.05) is 67.6 Å². The van der Waals surface area contributed by atoms with Crippen molar-refractivity contribution in [3.05, 3.63) is 71.8 Å². The zero-order chi connectivity index (χ0) is 17.0. The van der Waals surface area contributed by atoms with E-state index in [4.69, 9.17) is 0 Å². The second-order valence-electron chi connectivity index (χ2n) is 6.56. The van der Waals surface area contributed by atoms with E-state index in [1.54, 1.807) is 6.92 Å². The van der Waals surface area contributed by atoms with E-state index in [1.807, 2.05) is 0 Å². The lowest BCUT2D eigenvalue weighted by atomic mass is 9.73. The number of hydrogen-bond donors (Lipinski definition) is 1. The number of hydrogen-bond acceptors (Lipinski definition) is 2. The van der Waals surface area contributed by atoms with Crippen LogP contribution in [0, 0.1) is 0 Å². The third-order valence-corrected chi connectivity index (χ3v) is 5.12. The highest BCUT2D eigenvalue weighted by Crippen LogP contribution is 2.43. The Kier molecular flexibility index (Phi) is 5.00. The van der Waals surface area contributed by atoms with Crippen LogP contribution in [-0.4, -0.2) is 29.9 Å². The first kappa shape index (κ1) is 16.7. The van der Waals surface area contributed by atoms with Crippen molar-refractivity contribution in [2.75, 3.05) is 13.1 Å². The number of amides is 1. The number of piperidine rings is 1. The van der Waals surface area contributed by atoms with Crippen molar-refractivity contribution in [1.82, 2.24) is 10.2 Å². The molecule has 1 unspecified atom stereocenters. The van der Waals surface area contributed by atoms with E-state index in [0.29, 0.717) is 0 Å². The summed E-state index contributed by atoms with van der Waals surface area (Å²) in [6, 6.07) is 21.6. The van der Waals surface area contributed by atoms with Crippen LogP contribution in [0.15, 0.2) is 60.7 Å². The first-order valence-electron chi connectivity index (χ1n) is 8.80. The Hall–Kier alpha value is -2.13. The molecule has 1 saturated heterocycles. The van der Waals surface area contributed by atoms with E-state index in [2.05, 4.69) is 77.8 Å². The topological polar surface area (TPSA) is 32.3 Å². The lowest BCUT2D eigenvalue weighted by molar-refractivity contribution is -0.120. The molecule has 0 aliphatic carbocycles. The van der Waals surface area contributed by atoms with Gasteiger partial charge in [0, 0.05) is 19.5 Å². The van der Waals surface area contributed by atoms with Gasteiger partial charge in [-0.25, -0.2) is 0 Å². The third kappa shape index (κ3) is 3.09. The van der Waals surface area contributed by atoms with E-state index in [-0.39, 0.29) is 17.5 Å². The van der Waals surface area contributed by atoms with Gasteiger partial charge in [0.05, 0.1) is 5.54 Å². The van der Waals surface area contributed by atoms with Crippen molar-refractivity contribution in [3.8, 4) is 0 Å². The van der Waals surface area contributed by atoms with Gasteiger partial charge < -0.3 is 5.32 Å². The summed E-state index contributed by atoms with van der Waals surface area (Å²) >= 11 is 0. The van der Waals surface area contributed by atoms with E-state index >= 15 is 0 Å². The minimum Gasteiger partial charge on any atom is -0.353 e. The largest absolute Gasteiger partial charge is 0.353 e. The maximum absolute atomic E-state index is 11.6. The Balaban J connectivity index is 2.12. The normalized spacial score (nSPS) is 20.5. The number of carbonyl (C=O) groups excluding carboxylic acids is 1. The highest BCUT2D eigenvalue weighted by atomic mass is 16.1. The van der Waals surface area contributed by atoms with E-state index < -0.39 is 0 Å². The van der Waals surface area contributed by atoms with Crippen LogP contribution in [-0.2, 0) is 10.3 Å². The number of benzene rings is 2. The first-order chi connectivity index (χ1) is 11.7. The predicted octanol–water partition coefficient (Wildman–Crippen LogP) is 3.55. The lowest BCUT2D eigenvalue weighted by Crippen LogP contribution is -2.56. The maximum Gasteiger partial charge on any atom is 0.217 e. The molecule has 0 radical (unpaired) electrons. The van der Waals surface area contributed by atoms with E-state index in [9.17, 15) is 4.79 Å². The highest BCUT2D eigenvalue weighted by Gasteiger charge is 2.44. The molecule has 0 aromatic heterocycles. The van der Waals surface area contributed by atoms with Crippen molar-refractivity contribution in [2.45, 2.75) is 38.3 Å². The van der Waals surface area contributed by atoms with Crippen molar-refractivity contribution >= 4 is 5.91 Å². The molecule has 3 rings (SSSR count). The summed E-state index contributed by atoms with van der Waals surface area (Å²) in [6.07, 6.45) is 1.89. The summed E-state index contributed by atoms with van der Waals surface area (Å²) < 4.78 is 0. The fraction of sp³-hybridized carbons (Fsp3) is 0.381. The molecular weight excluding hydrogens is 296 g/mol. The number of carbonyl (C=O) groups is 1. The molecule has 2 aromatic rings. The molecule has 0 spiro atoms. The van der Waals surface area contributed by atoms with Crippen molar-refractivity contribution in [3.63, 3.8) is 0 Å². The van der Waals surface area contributed by atoms with Crippen LogP contribution < -0.4 is 5.32 Å². The quantitative estimate of drug-likeness (QED) is 0.933. The van der Waals surface area contributed by atoms with Crippen LogP contribution >= 0.6 is 0 Å². The minimum absolute atomic E-state index is 0.0555. The Morgan fingerprint density at radius 3 is 2.08 bits per heavy atom. The van der Waals surface area contributed by atoms with Gasteiger partial charge in [0.2, 0.25) is 5.91 Å². The second-order valence-corrected chi connectivity index (χ2v) is 6.56. The molecule has 1 aliphatic rings. The Labute approximate surface area is 144 Å². The summed E-state index contributed by atoms with van der Waals surface area (Å²) in [5.74, 6) is 0.0555. The van der Waals surface area contributed by atoms with Gasteiger partial charge in [-0.2, -0.15) is 0 Å². The van der Waals surface area contributed by atoms with Gasteiger partial charge in [-0.15, -0.1) is 0 Å². The van der Waals surface area contributed by atoms with Crippen LogP contribution in [0.25, 0.3) is 0 Å². The van der Waals surface area contributed by atoms with Crippen LogP contribution in [0.4, 0.5) is 0 Å². The molecular formula is C21H26N2O. The summed E-state index contributed by atoms with van der Waals surface area (Å²) in [5, 5.41) is 3.16. The highest BCUT2D eigenvalue weighted by molar-refractivity contribution is 5.73. The SMILES string of the molecule is CCN1CCC(NC(C)=O)CC1(c1ccccc1)c1ccccc1. The fourth-order valence-electron chi connectivity index (χ4n) is 4.12. The fourth-order valence-corrected chi connectivity index (χ4v) is 4.12. The van der Waals surface area contributed by atoms with Crippen molar-refractivity contribution < 1.29 is 4.79 Å². The number of likely N-dealkylation sites (tertiary alicyclic amines) is 1. The molecule has 24 heavy (non-hydrogen) atoms. The molecule has 1 aliphatic heterocycles. The third-order valence-electron chi connectivity index (χ3n) is 5.12. The molecule has 0 saturated carbocycles. The molecule has 1 fully saturated rings. The van der Waals surface area contributed by atoms with Crippen molar-refractivity contribution in [1.29, 1.82) is 0 Å². The van der Waals surface area contributed by atoms with Crippen LogP contribution in [0.3, 0.4) is 0 Å². The Morgan fingerprint density at radius 2 is 1.62 bits per heavy atom. The molecule has 126 valence electrons. The second kappa shape index (κ2) is 7.18. The summed E-state index contributed by atoms with van der Waals surface area (Å²) in [5.41, 5.74) is 2.41. The first-order valence-corrected chi connectivity index (χ1v) is 8.80. The average Bonchev–Trinajstić information content (AvgIpc) is 2.62. The number of nitrogens with one attached hydrogen (secondary N) is 1. The Bertz CT molecular complexity index is 629. The van der Waals surface area contributed by atoms with Gasteiger partial charge in [0.15, 0.2) is 0 Å². The molecule has 0 bridgehead atoms. The monoisotopic (exact) mass is 322 g/mol. The minimum atomic E-state index is -0.192. The lowest BCUT2D eigenvalue weighted by Gasteiger charge is -2.50. The summed E-state index contributed by atoms with van der Waals surface area (Å²) in [4.78, 5) is 14.2. The van der Waals surface area contributed by atoms with Gasteiger partial charge >= 0.3 is 0 Å². The summed E-state index contributed by atoms with van der Waals surface area (Å²) in [6.45, 7) is 5.79. The molecule has 1 amide bonds. The van der Waals surface area contributed by atoms with Gasteiger partial charge in [-0.05, 0) is 30.5 Å². The summed E-state index contributed by atoms with van der Waals surface area (Å²) in [7, 11) is 0. The average molecular weight is 322 g/mol. The van der Waals surface area contributed by atoms with E-state index in [1.165, 1.54) is 11.1 Å². The molecule has 2 aromatic carbocycles. The number of nitrogens with zero attached hydrogens (tertiary/aromatic N) is 1. The molecule has 1 atom stereocenters. The molecule has 3 nitrogen and oxygen atoms in total. The van der Waals surface area contributed by atoms with Crippen LogP contribution in [0.2, 0.25) is 0 Å². The number of rotatable bonds is 4. The van der Waals surface area contributed by atoms with E-state index in [0.717, 1.165) is 25.9 Å². The molecule has 3 heteroatoms. The van der Waals surface area contributed by atoms with Gasteiger partial charge in [0.25, 0.3) is 0 Å². The standard InChI is InChI=1S/C21H26N2O/c1-3-23-15-14-20(22-17(2)24)16-21(23,18-10-6-4-7-11-18)19-12-8-5-9-13-19/h4-13,20H,3,14-16H2,1-2H3,(H,22,24). The predicted molar refractivity (Wildman–Crippen MR) is 97.7 cm³/mol.